The highest BCUT2D eigenvalue weighted by molar-refractivity contribution is 5.76. The van der Waals surface area contributed by atoms with E-state index in [9.17, 15) is 9.59 Å². The van der Waals surface area contributed by atoms with Crippen LogP contribution in [0, 0.1) is 0 Å². The molecule has 0 aliphatic carbocycles. The molecule has 0 amide bonds. The van der Waals surface area contributed by atoms with Gasteiger partial charge in [-0.05, 0) is 18.2 Å². The van der Waals surface area contributed by atoms with Crippen LogP contribution in [-0.4, -0.2) is 21.6 Å². The van der Waals surface area contributed by atoms with Crippen LogP contribution >= 0.6 is 0 Å². The van der Waals surface area contributed by atoms with E-state index in [-0.39, 0.29) is 5.65 Å². The number of rotatable bonds is 2. The van der Waals surface area contributed by atoms with Crippen molar-refractivity contribution in [1.82, 2.24) is 14.5 Å². The first kappa shape index (κ1) is 12.2. The fourth-order valence-electron chi connectivity index (χ4n) is 2.03. The monoisotopic (exact) mass is 269 g/mol. The molecule has 0 spiro atoms. The van der Waals surface area contributed by atoms with Gasteiger partial charge >= 0.3 is 5.69 Å². The van der Waals surface area contributed by atoms with E-state index >= 15 is 0 Å². The van der Waals surface area contributed by atoms with Gasteiger partial charge in [0, 0.05) is 6.07 Å². The van der Waals surface area contributed by atoms with Crippen molar-refractivity contribution in [3.63, 3.8) is 0 Å². The van der Waals surface area contributed by atoms with Gasteiger partial charge in [0.15, 0.2) is 5.65 Å². The van der Waals surface area contributed by atoms with Crippen LogP contribution in [0.25, 0.3) is 16.7 Å². The Morgan fingerprint density at radius 2 is 1.85 bits per heavy atom. The number of hydrogen-bond acceptors (Lipinski definition) is 4. The number of pyridine rings is 1. The van der Waals surface area contributed by atoms with Crippen molar-refractivity contribution in [2.24, 2.45) is 0 Å². The van der Waals surface area contributed by atoms with Crippen LogP contribution in [0.15, 0.2) is 52.1 Å². The summed E-state index contributed by atoms with van der Waals surface area (Å²) in [6.45, 7) is 0. The zero-order chi connectivity index (χ0) is 14.1. The Kier molecular flexibility index (Phi) is 2.83. The second kappa shape index (κ2) is 4.65. The molecule has 0 atom stereocenters. The summed E-state index contributed by atoms with van der Waals surface area (Å²) in [4.78, 5) is 30.4. The van der Waals surface area contributed by atoms with Crippen molar-refractivity contribution in [3.8, 4) is 11.6 Å². The van der Waals surface area contributed by atoms with E-state index in [0.29, 0.717) is 17.0 Å². The third-order valence-corrected chi connectivity index (χ3v) is 2.95. The van der Waals surface area contributed by atoms with E-state index in [4.69, 9.17) is 4.74 Å². The van der Waals surface area contributed by atoms with Crippen molar-refractivity contribution in [3.05, 3.63) is 63.3 Å². The van der Waals surface area contributed by atoms with Crippen LogP contribution in [0.3, 0.4) is 0 Å². The van der Waals surface area contributed by atoms with Crippen LogP contribution in [0.5, 0.6) is 5.88 Å². The number of aromatic nitrogens is 3. The Bertz CT molecular complexity index is 882. The molecular formula is C14H11N3O3. The fourth-order valence-corrected chi connectivity index (χ4v) is 2.03. The van der Waals surface area contributed by atoms with Crippen molar-refractivity contribution < 1.29 is 4.74 Å². The third-order valence-electron chi connectivity index (χ3n) is 2.95. The fraction of sp³-hybridized carbons (Fsp3) is 0.0714. The number of hydrogen-bond donors (Lipinski definition) is 1. The molecule has 0 unspecified atom stereocenters. The molecule has 0 saturated carbocycles. The number of para-hydroxylation sites is 1. The number of nitrogens with zero attached hydrogens (tertiary/aromatic N) is 2. The molecule has 20 heavy (non-hydrogen) atoms. The molecular weight excluding hydrogens is 258 g/mol. The van der Waals surface area contributed by atoms with Crippen LogP contribution in [-0.2, 0) is 0 Å². The maximum atomic E-state index is 12.1. The number of ether oxygens (including phenoxy) is 1. The van der Waals surface area contributed by atoms with Gasteiger partial charge in [-0.15, -0.1) is 0 Å². The highest BCUT2D eigenvalue weighted by Crippen LogP contribution is 2.15. The first-order valence-electron chi connectivity index (χ1n) is 5.96. The SMILES string of the molecule is COc1ccc2c(=O)[nH]c(=O)n(-c3ccccc3)c2n1. The molecule has 0 saturated heterocycles. The lowest BCUT2D eigenvalue weighted by Gasteiger charge is -2.09. The second-order valence-corrected chi connectivity index (χ2v) is 4.16. The van der Waals surface area contributed by atoms with Gasteiger partial charge in [0.1, 0.15) is 0 Å². The molecule has 3 rings (SSSR count). The molecule has 2 aromatic heterocycles. The summed E-state index contributed by atoms with van der Waals surface area (Å²) in [6, 6.07) is 12.1. The minimum Gasteiger partial charge on any atom is -0.481 e. The molecule has 0 bridgehead atoms. The molecule has 0 aliphatic rings. The van der Waals surface area contributed by atoms with E-state index in [0.717, 1.165) is 0 Å². The summed E-state index contributed by atoms with van der Waals surface area (Å²) >= 11 is 0. The molecule has 3 aromatic rings. The number of benzene rings is 1. The molecule has 2 heterocycles. The van der Waals surface area contributed by atoms with Gasteiger partial charge in [-0.3, -0.25) is 9.78 Å². The summed E-state index contributed by atoms with van der Waals surface area (Å²) in [6.07, 6.45) is 0. The maximum Gasteiger partial charge on any atom is 0.334 e. The Labute approximate surface area is 113 Å². The highest BCUT2D eigenvalue weighted by atomic mass is 16.5. The van der Waals surface area contributed by atoms with Gasteiger partial charge in [0.25, 0.3) is 5.56 Å². The van der Waals surface area contributed by atoms with Gasteiger partial charge in [-0.2, -0.15) is 4.98 Å². The average molecular weight is 269 g/mol. The van der Waals surface area contributed by atoms with Gasteiger partial charge in [0.2, 0.25) is 5.88 Å². The molecule has 0 fully saturated rings. The Hall–Kier alpha value is -2.89. The van der Waals surface area contributed by atoms with Crippen molar-refractivity contribution in [2.45, 2.75) is 0 Å². The quantitative estimate of drug-likeness (QED) is 0.755. The zero-order valence-electron chi connectivity index (χ0n) is 10.7. The number of fused-ring (bicyclic) bond motifs is 1. The first-order chi connectivity index (χ1) is 9.70. The van der Waals surface area contributed by atoms with E-state index in [1.807, 2.05) is 6.07 Å². The third kappa shape index (κ3) is 1.87. The molecule has 100 valence electrons. The van der Waals surface area contributed by atoms with Crippen LogP contribution in [0.4, 0.5) is 0 Å². The van der Waals surface area contributed by atoms with Gasteiger partial charge in [0.05, 0.1) is 18.2 Å². The van der Waals surface area contributed by atoms with Gasteiger partial charge in [-0.1, -0.05) is 18.2 Å². The molecule has 6 heteroatoms. The summed E-state index contributed by atoms with van der Waals surface area (Å²) in [7, 11) is 1.48. The van der Waals surface area contributed by atoms with Gasteiger partial charge in [-0.25, -0.2) is 9.36 Å². The molecule has 0 radical (unpaired) electrons. The summed E-state index contributed by atoms with van der Waals surface area (Å²) in [5.41, 5.74) is -0.106. The van der Waals surface area contributed by atoms with E-state index in [1.54, 1.807) is 36.4 Å². The normalized spacial score (nSPS) is 10.7. The van der Waals surface area contributed by atoms with Gasteiger partial charge < -0.3 is 4.74 Å². The molecule has 1 N–H and O–H groups in total. The maximum absolute atomic E-state index is 12.1. The molecule has 6 nitrogen and oxygen atoms in total. The first-order valence-corrected chi connectivity index (χ1v) is 5.96. The van der Waals surface area contributed by atoms with Crippen molar-refractivity contribution in [1.29, 1.82) is 0 Å². The average Bonchev–Trinajstić information content (AvgIpc) is 2.47. The predicted molar refractivity (Wildman–Crippen MR) is 74.5 cm³/mol. The number of methoxy groups -OCH3 is 1. The lowest BCUT2D eigenvalue weighted by atomic mass is 10.3. The molecule has 0 aliphatic heterocycles. The topological polar surface area (TPSA) is 77.0 Å². The number of nitrogens with one attached hydrogen (secondary N) is 1. The summed E-state index contributed by atoms with van der Waals surface area (Å²) in [5.74, 6) is 0.340. The van der Waals surface area contributed by atoms with Crippen LogP contribution < -0.4 is 16.0 Å². The minimum absolute atomic E-state index is 0.268. The van der Waals surface area contributed by atoms with E-state index < -0.39 is 11.2 Å². The predicted octanol–water partition coefficient (Wildman–Crippen LogP) is 1.08. The van der Waals surface area contributed by atoms with E-state index in [1.165, 1.54) is 11.7 Å². The number of H-pyrrole nitrogens is 1. The zero-order valence-corrected chi connectivity index (χ0v) is 10.7. The lowest BCUT2D eigenvalue weighted by Crippen LogP contribution is -2.29. The largest absolute Gasteiger partial charge is 0.481 e. The summed E-state index contributed by atoms with van der Waals surface area (Å²) < 4.78 is 6.40. The standard InChI is InChI=1S/C14H11N3O3/c1-20-11-8-7-10-12(15-11)17(14(19)16-13(10)18)9-5-3-2-4-6-9/h2-8H,1H3,(H,16,18,19). The van der Waals surface area contributed by atoms with Crippen LogP contribution in [0.2, 0.25) is 0 Å². The summed E-state index contributed by atoms with van der Waals surface area (Å²) in [5, 5.41) is 0.328. The highest BCUT2D eigenvalue weighted by Gasteiger charge is 2.11. The van der Waals surface area contributed by atoms with E-state index in [2.05, 4.69) is 9.97 Å². The second-order valence-electron chi connectivity index (χ2n) is 4.16. The Morgan fingerprint density at radius 3 is 2.55 bits per heavy atom. The lowest BCUT2D eigenvalue weighted by molar-refractivity contribution is 0.399. The Balaban J connectivity index is 2.47. The van der Waals surface area contributed by atoms with Crippen molar-refractivity contribution >= 4 is 11.0 Å². The van der Waals surface area contributed by atoms with Crippen molar-refractivity contribution in [2.75, 3.05) is 7.11 Å². The molecule has 1 aromatic carbocycles. The van der Waals surface area contributed by atoms with Crippen LogP contribution in [0.1, 0.15) is 0 Å². The smallest absolute Gasteiger partial charge is 0.334 e. The Morgan fingerprint density at radius 1 is 1.10 bits per heavy atom. The number of aromatic amines is 1. The minimum atomic E-state index is -0.533.